The summed E-state index contributed by atoms with van der Waals surface area (Å²) in [5.41, 5.74) is 0.988. The number of carboxylic acid groups (broad SMARTS) is 1. The fourth-order valence-electron chi connectivity index (χ4n) is 1.96. The highest BCUT2D eigenvalue weighted by atomic mass is 35.5. The third-order valence-electron chi connectivity index (χ3n) is 2.99. The zero-order chi connectivity index (χ0) is 14.0. The van der Waals surface area contributed by atoms with Crippen LogP contribution in [0, 0.1) is 6.92 Å². The number of aryl methyl sites for hydroxylation is 1. The van der Waals surface area contributed by atoms with Gasteiger partial charge in [-0.1, -0.05) is 11.6 Å². The first-order valence-corrected chi connectivity index (χ1v) is 6.13. The standard InChI is InChI=1S/C12H13ClN2O4/c1-7-2-3-14-11(13)9(7)10(16)8-6-15(12(17)18)4-5-19-8/h2-3,8H,4-6H2,1H3,(H,17,18). The largest absolute Gasteiger partial charge is 0.465 e. The third-order valence-corrected chi connectivity index (χ3v) is 3.28. The highest BCUT2D eigenvalue weighted by molar-refractivity contribution is 6.33. The van der Waals surface area contributed by atoms with Gasteiger partial charge in [-0.05, 0) is 18.6 Å². The number of hydrogen-bond donors (Lipinski definition) is 1. The van der Waals surface area contributed by atoms with Crippen LogP contribution in [-0.2, 0) is 4.74 Å². The zero-order valence-electron chi connectivity index (χ0n) is 10.3. The van der Waals surface area contributed by atoms with Crippen molar-refractivity contribution >= 4 is 23.5 Å². The van der Waals surface area contributed by atoms with Crippen LogP contribution in [0.25, 0.3) is 0 Å². The van der Waals surface area contributed by atoms with E-state index in [1.807, 2.05) is 0 Å². The Morgan fingerprint density at radius 1 is 1.58 bits per heavy atom. The molecule has 2 rings (SSSR count). The Morgan fingerprint density at radius 3 is 2.95 bits per heavy atom. The fraction of sp³-hybridized carbons (Fsp3) is 0.417. The molecular weight excluding hydrogens is 272 g/mol. The van der Waals surface area contributed by atoms with Gasteiger partial charge in [0, 0.05) is 12.7 Å². The van der Waals surface area contributed by atoms with Gasteiger partial charge in [-0.25, -0.2) is 9.78 Å². The summed E-state index contributed by atoms with van der Waals surface area (Å²) in [5.74, 6) is -0.332. The lowest BCUT2D eigenvalue weighted by Gasteiger charge is -2.30. The molecule has 1 aliphatic rings. The van der Waals surface area contributed by atoms with Gasteiger partial charge in [0.15, 0.2) is 5.78 Å². The van der Waals surface area contributed by atoms with Crippen LogP contribution in [0.5, 0.6) is 0 Å². The molecule has 1 aromatic rings. The van der Waals surface area contributed by atoms with Crippen LogP contribution in [-0.4, -0.2) is 52.7 Å². The normalized spacial score (nSPS) is 19.3. The molecule has 102 valence electrons. The molecule has 0 aromatic carbocycles. The number of hydrogen-bond acceptors (Lipinski definition) is 4. The summed E-state index contributed by atoms with van der Waals surface area (Å²) in [6, 6.07) is 1.68. The van der Waals surface area contributed by atoms with E-state index in [0.29, 0.717) is 11.1 Å². The second kappa shape index (κ2) is 5.54. The molecule has 1 aliphatic heterocycles. The minimum atomic E-state index is -1.06. The van der Waals surface area contributed by atoms with Crippen LogP contribution < -0.4 is 0 Å². The average molecular weight is 285 g/mol. The predicted octanol–water partition coefficient (Wildman–Crippen LogP) is 1.60. The van der Waals surface area contributed by atoms with Gasteiger partial charge in [-0.3, -0.25) is 4.79 Å². The van der Waals surface area contributed by atoms with E-state index in [0.717, 1.165) is 4.90 Å². The van der Waals surface area contributed by atoms with Crippen molar-refractivity contribution in [1.29, 1.82) is 0 Å². The van der Waals surface area contributed by atoms with Gasteiger partial charge in [0.05, 0.1) is 18.7 Å². The molecule has 1 atom stereocenters. The van der Waals surface area contributed by atoms with E-state index in [1.54, 1.807) is 13.0 Å². The molecule has 0 bridgehead atoms. The Hall–Kier alpha value is -1.66. The highest BCUT2D eigenvalue weighted by Crippen LogP contribution is 2.21. The van der Waals surface area contributed by atoms with E-state index in [9.17, 15) is 9.59 Å². The third kappa shape index (κ3) is 2.85. The van der Waals surface area contributed by atoms with Gasteiger partial charge in [-0.15, -0.1) is 0 Å². The van der Waals surface area contributed by atoms with Crippen LogP contribution >= 0.6 is 11.6 Å². The molecule has 1 unspecified atom stereocenters. The number of ketones is 1. The minimum absolute atomic E-state index is 0.0127. The number of amides is 1. The van der Waals surface area contributed by atoms with Crippen molar-refractivity contribution in [3.8, 4) is 0 Å². The summed E-state index contributed by atoms with van der Waals surface area (Å²) in [5, 5.41) is 9.05. The molecule has 1 saturated heterocycles. The first-order valence-electron chi connectivity index (χ1n) is 5.75. The van der Waals surface area contributed by atoms with Crippen LogP contribution in [0.2, 0.25) is 5.15 Å². The molecule has 1 amide bonds. The van der Waals surface area contributed by atoms with Gasteiger partial charge >= 0.3 is 6.09 Å². The lowest BCUT2D eigenvalue weighted by Crippen LogP contribution is -2.48. The van der Waals surface area contributed by atoms with E-state index >= 15 is 0 Å². The Morgan fingerprint density at radius 2 is 2.32 bits per heavy atom. The monoisotopic (exact) mass is 284 g/mol. The van der Waals surface area contributed by atoms with Gasteiger partial charge in [0.1, 0.15) is 11.3 Å². The first kappa shape index (κ1) is 13.8. The van der Waals surface area contributed by atoms with Crippen molar-refractivity contribution in [3.05, 3.63) is 28.5 Å². The van der Waals surface area contributed by atoms with E-state index < -0.39 is 12.2 Å². The van der Waals surface area contributed by atoms with Crippen LogP contribution in [0.3, 0.4) is 0 Å². The Balaban J connectivity index is 2.22. The average Bonchev–Trinajstić information content (AvgIpc) is 2.38. The summed E-state index contributed by atoms with van der Waals surface area (Å²) in [6.45, 7) is 2.22. The Bertz CT molecular complexity index is 500. The number of pyridine rings is 1. The molecule has 1 aromatic heterocycles. The molecule has 19 heavy (non-hydrogen) atoms. The Labute approximate surface area is 114 Å². The van der Waals surface area contributed by atoms with E-state index in [1.165, 1.54) is 6.20 Å². The highest BCUT2D eigenvalue weighted by Gasteiger charge is 2.31. The number of carbonyl (C=O) groups excluding carboxylic acids is 1. The number of nitrogens with zero attached hydrogens (tertiary/aromatic N) is 2. The molecule has 6 nitrogen and oxygen atoms in total. The van der Waals surface area contributed by atoms with Gasteiger partial charge in [-0.2, -0.15) is 0 Å². The number of ether oxygens (including phenoxy) is 1. The van der Waals surface area contributed by atoms with Gasteiger partial charge < -0.3 is 14.7 Å². The zero-order valence-corrected chi connectivity index (χ0v) is 11.1. The van der Waals surface area contributed by atoms with Crippen molar-refractivity contribution in [2.45, 2.75) is 13.0 Å². The second-order valence-electron chi connectivity index (χ2n) is 4.25. The number of morpholine rings is 1. The van der Waals surface area contributed by atoms with Crippen molar-refractivity contribution in [3.63, 3.8) is 0 Å². The molecule has 0 aliphatic carbocycles. The molecule has 1 fully saturated rings. The van der Waals surface area contributed by atoms with Crippen LogP contribution in [0.4, 0.5) is 4.79 Å². The smallest absolute Gasteiger partial charge is 0.407 e. The summed E-state index contributed by atoms with van der Waals surface area (Å²) in [6.07, 6.45) is -0.375. The quantitative estimate of drug-likeness (QED) is 0.659. The molecule has 1 N–H and O–H groups in total. The number of aromatic nitrogens is 1. The summed E-state index contributed by atoms with van der Waals surface area (Å²) in [4.78, 5) is 28.3. The molecule has 0 spiro atoms. The summed E-state index contributed by atoms with van der Waals surface area (Å²) >= 11 is 5.93. The molecule has 2 heterocycles. The Kier molecular flexibility index (Phi) is 4.01. The van der Waals surface area contributed by atoms with E-state index in [-0.39, 0.29) is 30.6 Å². The van der Waals surface area contributed by atoms with Gasteiger partial charge in [0.2, 0.25) is 0 Å². The second-order valence-corrected chi connectivity index (χ2v) is 4.60. The maximum absolute atomic E-state index is 12.3. The molecule has 7 heteroatoms. The maximum atomic E-state index is 12.3. The number of Topliss-reactive ketones (excluding diaryl/α,β-unsaturated/α-hetero) is 1. The number of carbonyl (C=O) groups is 2. The molecule has 0 saturated carbocycles. The number of rotatable bonds is 2. The van der Waals surface area contributed by atoms with E-state index in [2.05, 4.69) is 4.98 Å². The fourth-order valence-corrected chi connectivity index (χ4v) is 2.26. The van der Waals surface area contributed by atoms with Crippen LogP contribution in [0.15, 0.2) is 12.3 Å². The molecule has 0 radical (unpaired) electrons. The van der Waals surface area contributed by atoms with E-state index in [4.69, 9.17) is 21.4 Å². The van der Waals surface area contributed by atoms with Crippen molar-refractivity contribution in [2.75, 3.05) is 19.7 Å². The van der Waals surface area contributed by atoms with Gasteiger partial charge in [0.25, 0.3) is 0 Å². The maximum Gasteiger partial charge on any atom is 0.407 e. The summed E-state index contributed by atoms with van der Waals surface area (Å²) in [7, 11) is 0. The van der Waals surface area contributed by atoms with Crippen molar-refractivity contribution < 1.29 is 19.4 Å². The topological polar surface area (TPSA) is 79.7 Å². The SMILES string of the molecule is Cc1ccnc(Cl)c1C(=O)C1CN(C(=O)O)CCO1. The lowest BCUT2D eigenvalue weighted by atomic mass is 10.0. The predicted molar refractivity (Wildman–Crippen MR) is 67.7 cm³/mol. The minimum Gasteiger partial charge on any atom is -0.465 e. The van der Waals surface area contributed by atoms with Crippen molar-refractivity contribution in [2.24, 2.45) is 0 Å². The molecular formula is C12H13ClN2O4. The van der Waals surface area contributed by atoms with Crippen LogP contribution in [0.1, 0.15) is 15.9 Å². The summed E-state index contributed by atoms with van der Waals surface area (Å²) < 4.78 is 5.34. The number of halogens is 1. The lowest BCUT2D eigenvalue weighted by molar-refractivity contribution is -0.0111. The van der Waals surface area contributed by atoms with Crippen molar-refractivity contribution in [1.82, 2.24) is 9.88 Å². The first-order chi connectivity index (χ1) is 9.00.